The average Bonchev–Trinajstić information content (AvgIpc) is 1.77. The third-order valence-electron chi connectivity index (χ3n) is 0. The predicted octanol–water partition coefficient (Wildman–Crippen LogP) is -17.4. The molecule has 0 heterocycles. The van der Waals surface area contributed by atoms with Crippen molar-refractivity contribution in [3.05, 3.63) is 0 Å². The molecule has 21 heteroatoms. The number of hydrogen-bond acceptors (Lipinski definition) is 13. The van der Waals surface area contributed by atoms with E-state index in [1.807, 2.05) is 0 Å². The molecule has 106 valence electrons. The molecule has 0 aliphatic carbocycles. The molecule has 0 aromatic rings. The van der Waals surface area contributed by atoms with Gasteiger partial charge in [0.15, 0.2) is 0 Å². The summed E-state index contributed by atoms with van der Waals surface area (Å²) in [7, 11) is -16.8. The van der Waals surface area contributed by atoms with E-state index in [0.29, 0.717) is 0 Å². The Morgan fingerprint density at radius 3 is 0.381 bits per heavy atom. The zero-order chi connectivity index (χ0) is 15.5. The van der Waals surface area contributed by atoms with Crippen molar-refractivity contribution in [3.8, 4) is 0 Å². The molecular formula is Al4O13PbSi3. The molecule has 13 nitrogen and oxygen atoms in total. The van der Waals surface area contributed by atoms with Gasteiger partial charge in [-0.2, -0.15) is 0 Å². The Hall–Kier alpha value is 3.02. The van der Waals surface area contributed by atoms with Gasteiger partial charge in [0, 0.05) is 0 Å². The first kappa shape index (κ1) is 49.6. The summed E-state index contributed by atoms with van der Waals surface area (Å²) in [5.74, 6) is 0. The summed E-state index contributed by atoms with van der Waals surface area (Å²) in [6, 6.07) is 0. The van der Waals surface area contributed by atoms with E-state index >= 15 is 0 Å². The zero-order valence-corrected chi connectivity index (χ0v) is 21.1. The standard InChI is InChI=1S/4Al.3O4Si.O.Pb/c;;;;3*1-5(2,3)4;;/q4*+3;3*-4;;. The Morgan fingerprint density at radius 2 is 0.381 bits per heavy atom. The molecule has 0 spiro atoms. The Balaban J connectivity index is -0.0000000174. The second-order valence-corrected chi connectivity index (χ2v) is 4.50. The van der Waals surface area contributed by atoms with Gasteiger partial charge in [0.1, 0.15) is 0 Å². The summed E-state index contributed by atoms with van der Waals surface area (Å²) in [6.07, 6.45) is 0. The molecule has 21 heavy (non-hydrogen) atoms. The quantitative estimate of drug-likeness (QED) is 0.231. The third-order valence-corrected chi connectivity index (χ3v) is 0. The fraction of sp³-hybridized carbons (Fsp3) is 0. The molecule has 2 radical (unpaired) electrons. The van der Waals surface area contributed by atoms with Gasteiger partial charge in [-0.05, 0) is 0 Å². The molecule has 0 aromatic heterocycles. The molecule has 0 fully saturated rings. The van der Waals surface area contributed by atoms with Crippen LogP contribution in [0.3, 0.4) is 0 Å². The molecule has 0 amide bonds. The first-order chi connectivity index (χ1) is 7.00. The average molecular weight is 607 g/mol. The van der Waals surface area contributed by atoms with E-state index in [0.717, 1.165) is 0 Å². The molecule has 0 aromatic carbocycles. The van der Waals surface area contributed by atoms with Gasteiger partial charge in [-0.25, -0.2) is 0 Å². The second-order valence-electron chi connectivity index (χ2n) is 1.50. The summed E-state index contributed by atoms with van der Waals surface area (Å²) in [5, 5.41) is 0. The van der Waals surface area contributed by atoms with Crippen LogP contribution in [0.15, 0.2) is 0 Å². The van der Waals surface area contributed by atoms with Gasteiger partial charge in [0.05, 0.1) is 0 Å². The molecule has 0 atom stereocenters. The normalized spacial score (nSPS) is 8.76. The zero-order valence-electron chi connectivity index (χ0n) is 9.62. The Bertz CT molecular complexity index is 118. The van der Waals surface area contributed by atoms with Crippen molar-refractivity contribution in [1.82, 2.24) is 0 Å². The van der Waals surface area contributed by atoms with Crippen LogP contribution in [0.4, 0.5) is 0 Å². The van der Waals surface area contributed by atoms with Gasteiger partial charge in [-0.3, -0.25) is 0 Å². The first-order valence-corrected chi connectivity index (χ1v) is 9.14. The van der Waals surface area contributed by atoms with E-state index in [1.165, 1.54) is 0 Å². The second kappa shape index (κ2) is 25.3. The van der Waals surface area contributed by atoms with E-state index in [2.05, 4.69) is 0 Å². The van der Waals surface area contributed by atoms with Gasteiger partial charge in [-0.15, -0.1) is 0 Å². The van der Waals surface area contributed by atoms with Crippen LogP contribution in [-0.2, 0) is 2.69 Å². The van der Waals surface area contributed by atoms with Crippen LogP contribution in [0.1, 0.15) is 0 Å². The summed E-state index contributed by atoms with van der Waals surface area (Å²) in [5.41, 5.74) is 0. The van der Waals surface area contributed by atoms with E-state index in [-0.39, 0.29) is 95.2 Å². The van der Waals surface area contributed by atoms with Gasteiger partial charge in [0.25, 0.3) is 0 Å². The molecule has 0 saturated heterocycles. The van der Waals surface area contributed by atoms with Crippen LogP contribution < -0.4 is 57.5 Å². The topological polar surface area (TPSA) is 294 Å². The van der Waals surface area contributed by atoms with Crippen molar-refractivity contribution in [3.63, 3.8) is 0 Å². The third kappa shape index (κ3) is 1110. The van der Waals surface area contributed by atoms with Crippen molar-refractivity contribution in [2.24, 2.45) is 0 Å². The van der Waals surface area contributed by atoms with E-state index in [9.17, 15) is 0 Å². The molecule has 0 N–H and O–H groups in total. The summed E-state index contributed by atoms with van der Waals surface area (Å²) < 4.78 is 8.39. The molecule has 0 aliphatic rings. The Kier molecular flexibility index (Phi) is 59.7. The minimum atomic E-state index is -5.61. The van der Waals surface area contributed by atoms with Crippen molar-refractivity contribution in [2.75, 3.05) is 0 Å². The van der Waals surface area contributed by atoms with Gasteiger partial charge in [-0.1, -0.05) is 0 Å². The maximum atomic E-state index is 8.58. The maximum absolute atomic E-state index is 8.58. The van der Waals surface area contributed by atoms with Crippen molar-refractivity contribution < 1.29 is 60.2 Å². The molecule has 0 aliphatic heterocycles. The minimum absolute atomic E-state index is 0. The molecule has 0 saturated carbocycles. The Labute approximate surface area is 180 Å². The number of rotatable bonds is 0. The predicted molar refractivity (Wildman–Crippen MR) is 46.7 cm³/mol. The van der Waals surface area contributed by atoms with Crippen molar-refractivity contribution in [2.45, 2.75) is 0 Å². The van der Waals surface area contributed by atoms with Gasteiger partial charge < -0.3 is 84.7 Å². The van der Waals surface area contributed by atoms with Crippen molar-refractivity contribution >= 4 is 122 Å². The monoisotopic (exact) mass is 608 g/mol. The fourth-order valence-corrected chi connectivity index (χ4v) is 0. The summed E-state index contributed by atoms with van der Waals surface area (Å²) in [4.78, 5) is 103. The van der Waals surface area contributed by atoms with Crippen LogP contribution in [0, 0.1) is 0 Å². The summed E-state index contributed by atoms with van der Waals surface area (Å²) in [6.45, 7) is 0. The van der Waals surface area contributed by atoms with E-state index in [4.69, 9.17) is 60.2 Å². The van der Waals surface area contributed by atoms with Crippen LogP contribution >= 0.6 is 0 Å². The van der Waals surface area contributed by atoms with E-state index < -0.39 is 27.1 Å². The van der Waals surface area contributed by atoms with Gasteiger partial charge in [0.2, 0.25) is 0 Å². The number of hydrogen-bond donors (Lipinski definition) is 0. The fourth-order valence-electron chi connectivity index (χ4n) is 0. The molecule has 0 bridgehead atoms. The molecular weight excluding hydrogens is 607 g/mol. The molecule has 0 unspecified atom stereocenters. The van der Waals surface area contributed by atoms with Gasteiger partial charge >= 0.3 is 97.9 Å². The van der Waals surface area contributed by atoms with Crippen LogP contribution in [0.2, 0.25) is 0 Å². The van der Waals surface area contributed by atoms with Crippen LogP contribution in [0.5, 0.6) is 0 Å². The molecule has 0 rings (SSSR count). The van der Waals surface area contributed by atoms with Crippen LogP contribution in [-0.4, -0.2) is 122 Å². The van der Waals surface area contributed by atoms with Crippen molar-refractivity contribution in [1.29, 1.82) is 0 Å². The Morgan fingerprint density at radius 1 is 0.381 bits per heavy atom. The van der Waals surface area contributed by atoms with Crippen LogP contribution in [0.25, 0.3) is 0 Å². The SMILES string of the molecule is [Al+3].[Al+3].[Al+3].[Al+3].[O-][Si]([O-])([O-])[O-].[O-][Si]([O-])([O-])[O-].[O-][Si]([O-])([O-])[O-].[O]=[Pb]. The first-order valence-electron chi connectivity index (χ1n) is 2.65. The summed E-state index contributed by atoms with van der Waals surface area (Å²) >= 11 is 0.0556. The van der Waals surface area contributed by atoms with E-state index in [1.54, 1.807) is 0 Å².